The van der Waals surface area contributed by atoms with Crippen molar-refractivity contribution in [2.45, 2.75) is 32.1 Å². The molecule has 2 aliphatic rings. The Morgan fingerprint density at radius 1 is 0.852 bits per heavy atom. The van der Waals surface area contributed by atoms with E-state index in [1.165, 1.54) is 17.5 Å². The molecule has 0 radical (unpaired) electrons. The Morgan fingerprint density at radius 2 is 1.59 bits per heavy atom. The molecule has 27 heavy (non-hydrogen) atoms. The van der Waals surface area contributed by atoms with E-state index in [1.54, 1.807) is 4.90 Å². The summed E-state index contributed by atoms with van der Waals surface area (Å²) in [5.41, 5.74) is 4.45. The maximum atomic E-state index is 12.6. The molecule has 0 saturated carbocycles. The fourth-order valence-electron chi connectivity index (χ4n) is 3.96. The summed E-state index contributed by atoms with van der Waals surface area (Å²) in [5, 5.41) is 5.97. The molecule has 1 aliphatic carbocycles. The number of nitrogens with one attached hydrogen (secondary N) is 2. The van der Waals surface area contributed by atoms with Crippen LogP contribution in [0.5, 0.6) is 0 Å². The van der Waals surface area contributed by atoms with Gasteiger partial charge in [0, 0.05) is 30.4 Å². The molecule has 1 aliphatic heterocycles. The normalized spacial score (nSPS) is 16.7. The number of piperidine rings is 1. The lowest BCUT2D eigenvalue weighted by atomic mass is 9.96. The highest BCUT2D eigenvalue weighted by molar-refractivity contribution is 5.93. The van der Waals surface area contributed by atoms with Gasteiger partial charge in [-0.05, 0) is 67.5 Å². The van der Waals surface area contributed by atoms with Crippen LogP contribution in [0.3, 0.4) is 0 Å². The number of amides is 3. The van der Waals surface area contributed by atoms with E-state index >= 15 is 0 Å². The van der Waals surface area contributed by atoms with Gasteiger partial charge in [-0.3, -0.25) is 4.79 Å². The van der Waals surface area contributed by atoms with Crippen LogP contribution in [-0.2, 0) is 17.6 Å². The van der Waals surface area contributed by atoms with E-state index in [1.807, 2.05) is 36.4 Å². The van der Waals surface area contributed by atoms with Crippen molar-refractivity contribution >= 4 is 23.3 Å². The Bertz CT molecular complexity index is 827. The minimum absolute atomic E-state index is 0.0426. The number of fused-ring (bicyclic) bond motifs is 1. The van der Waals surface area contributed by atoms with Gasteiger partial charge in [0.1, 0.15) is 0 Å². The highest BCUT2D eigenvalue weighted by Crippen LogP contribution is 2.26. The fourth-order valence-corrected chi connectivity index (χ4v) is 3.96. The highest BCUT2D eigenvalue weighted by atomic mass is 16.2. The minimum Gasteiger partial charge on any atom is -0.326 e. The smallest absolute Gasteiger partial charge is 0.321 e. The first-order chi connectivity index (χ1) is 13.2. The number of benzene rings is 2. The van der Waals surface area contributed by atoms with Gasteiger partial charge < -0.3 is 15.5 Å². The SMILES string of the molecule is O=C(Nc1ccc2c(c1)CCC2)C1CCN(C(=O)Nc2ccccc2)CC1. The largest absolute Gasteiger partial charge is 0.326 e. The lowest BCUT2D eigenvalue weighted by Gasteiger charge is -2.31. The zero-order chi connectivity index (χ0) is 18.6. The van der Waals surface area contributed by atoms with Gasteiger partial charge in [0.2, 0.25) is 5.91 Å². The third-order valence-corrected chi connectivity index (χ3v) is 5.54. The predicted molar refractivity (Wildman–Crippen MR) is 107 cm³/mol. The first kappa shape index (κ1) is 17.6. The van der Waals surface area contributed by atoms with Crippen molar-refractivity contribution < 1.29 is 9.59 Å². The number of hydrogen-bond donors (Lipinski definition) is 2. The lowest BCUT2D eigenvalue weighted by Crippen LogP contribution is -2.43. The molecule has 1 heterocycles. The van der Waals surface area contributed by atoms with Crippen molar-refractivity contribution in [3.8, 4) is 0 Å². The van der Waals surface area contributed by atoms with Crippen LogP contribution in [0.25, 0.3) is 0 Å². The second-order valence-electron chi connectivity index (χ2n) is 7.38. The molecule has 3 amide bonds. The molecule has 2 aromatic carbocycles. The van der Waals surface area contributed by atoms with Gasteiger partial charge in [-0.2, -0.15) is 0 Å². The van der Waals surface area contributed by atoms with E-state index in [2.05, 4.69) is 22.8 Å². The van der Waals surface area contributed by atoms with Crippen LogP contribution in [-0.4, -0.2) is 29.9 Å². The predicted octanol–water partition coefficient (Wildman–Crippen LogP) is 4.06. The van der Waals surface area contributed by atoms with Crippen molar-refractivity contribution in [1.29, 1.82) is 0 Å². The Balaban J connectivity index is 1.28. The maximum absolute atomic E-state index is 12.6. The summed E-state index contributed by atoms with van der Waals surface area (Å²) >= 11 is 0. The van der Waals surface area contributed by atoms with Crippen molar-refractivity contribution in [1.82, 2.24) is 4.90 Å². The molecule has 5 heteroatoms. The summed E-state index contributed by atoms with van der Waals surface area (Å²) in [4.78, 5) is 26.7. The number of likely N-dealkylation sites (tertiary alicyclic amines) is 1. The molecule has 0 bridgehead atoms. The van der Waals surface area contributed by atoms with Crippen LogP contribution < -0.4 is 10.6 Å². The average molecular weight is 363 g/mol. The van der Waals surface area contributed by atoms with Crippen LogP contribution >= 0.6 is 0 Å². The number of aryl methyl sites for hydroxylation is 2. The summed E-state index contributed by atoms with van der Waals surface area (Å²) in [7, 11) is 0. The molecule has 140 valence electrons. The summed E-state index contributed by atoms with van der Waals surface area (Å²) < 4.78 is 0. The van der Waals surface area contributed by atoms with Crippen LogP contribution in [0.1, 0.15) is 30.4 Å². The first-order valence-corrected chi connectivity index (χ1v) is 9.73. The van der Waals surface area contributed by atoms with Gasteiger partial charge in [0.05, 0.1) is 0 Å². The molecule has 2 N–H and O–H groups in total. The highest BCUT2D eigenvalue weighted by Gasteiger charge is 2.27. The Hall–Kier alpha value is -2.82. The molecule has 1 fully saturated rings. The van der Waals surface area contributed by atoms with Crippen molar-refractivity contribution in [2.24, 2.45) is 5.92 Å². The number of nitrogens with zero attached hydrogens (tertiary/aromatic N) is 1. The maximum Gasteiger partial charge on any atom is 0.321 e. The topological polar surface area (TPSA) is 61.4 Å². The average Bonchev–Trinajstić information content (AvgIpc) is 3.16. The molecule has 0 unspecified atom stereocenters. The van der Waals surface area contributed by atoms with Crippen LogP contribution in [0.4, 0.5) is 16.2 Å². The zero-order valence-electron chi connectivity index (χ0n) is 15.4. The number of para-hydroxylation sites is 1. The van der Waals surface area contributed by atoms with Crippen LogP contribution in [0.15, 0.2) is 48.5 Å². The monoisotopic (exact) mass is 363 g/mol. The van der Waals surface area contributed by atoms with E-state index in [0.29, 0.717) is 25.9 Å². The Morgan fingerprint density at radius 3 is 2.37 bits per heavy atom. The van der Waals surface area contributed by atoms with Crippen molar-refractivity contribution in [3.05, 3.63) is 59.7 Å². The number of urea groups is 1. The number of carbonyl (C=O) groups excluding carboxylic acids is 2. The van der Waals surface area contributed by atoms with Gasteiger partial charge in [0.15, 0.2) is 0 Å². The van der Waals surface area contributed by atoms with E-state index in [0.717, 1.165) is 24.2 Å². The van der Waals surface area contributed by atoms with E-state index in [-0.39, 0.29) is 17.9 Å². The van der Waals surface area contributed by atoms with E-state index in [9.17, 15) is 9.59 Å². The van der Waals surface area contributed by atoms with E-state index < -0.39 is 0 Å². The number of hydrogen-bond acceptors (Lipinski definition) is 2. The van der Waals surface area contributed by atoms with Crippen LogP contribution in [0, 0.1) is 5.92 Å². The van der Waals surface area contributed by atoms with Gasteiger partial charge in [-0.1, -0.05) is 24.3 Å². The summed E-state index contributed by atoms with van der Waals surface area (Å²) in [6, 6.07) is 15.6. The lowest BCUT2D eigenvalue weighted by molar-refractivity contribution is -0.121. The van der Waals surface area contributed by atoms with Gasteiger partial charge >= 0.3 is 6.03 Å². The number of anilines is 2. The second-order valence-corrected chi connectivity index (χ2v) is 7.38. The molecule has 1 saturated heterocycles. The molecular weight excluding hydrogens is 338 g/mol. The van der Waals surface area contributed by atoms with Crippen LogP contribution in [0.2, 0.25) is 0 Å². The minimum atomic E-state index is -0.0984. The Labute approximate surface area is 159 Å². The summed E-state index contributed by atoms with van der Waals surface area (Å²) in [6.07, 6.45) is 4.84. The molecule has 5 nitrogen and oxygen atoms in total. The molecule has 0 spiro atoms. The van der Waals surface area contributed by atoms with Gasteiger partial charge in [0.25, 0.3) is 0 Å². The number of carbonyl (C=O) groups is 2. The third-order valence-electron chi connectivity index (χ3n) is 5.54. The molecule has 2 aromatic rings. The van der Waals surface area contributed by atoms with Gasteiger partial charge in [-0.15, -0.1) is 0 Å². The third kappa shape index (κ3) is 4.13. The molecule has 4 rings (SSSR count). The summed E-state index contributed by atoms with van der Waals surface area (Å²) in [5.74, 6) is 0.0232. The van der Waals surface area contributed by atoms with Crippen molar-refractivity contribution in [3.63, 3.8) is 0 Å². The van der Waals surface area contributed by atoms with Gasteiger partial charge in [-0.25, -0.2) is 4.79 Å². The Kier molecular flexibility index (Phi) is 5.10. The fraction of sp³-hybridized carbons (Fsp3) is 0.364. The van der Waals surface area contributed by atoms with Crippen molar-refractivity contribution in [2.75, 3.05) is 23.7 Å². The molecule has 0 aromatic heterocycles. The zero-order valence-corrected chi connectivity index (χ0v) is 15.4. The molecular formula is C22H25N3O2. The quantitative estimate of drug-likeness (QED) is 0.864. The summed E-state index contributed by atoms with van der Waals surface area (Å²) in [6.45, 7) is 1.20. The van der Waals surface area contributed by atoms with E-state index in [4.69, 9.17) is 0 Å². The first-order valence-electron chi connectivity index (χ1n) is 9.73. The standard InChI is InChI=1S/C22H25N3O2/c26-21(23-20-10-9-16-5-4-6-18(16)15-20)17-11-13-25(14-12-17)22(27)24-19-7-2-1-3-8-19/h1-3,7-10,15,17H,4-6,11-14H2,(H,23,26)(H,24,27). The second kappa shape index (κ2) is 7.82. The molecule has 0 atom stereocenters. The number of rotatable bonds is 3.